The van der Waals surface area contributed by atoms with Gasteiger partial charge < -0.3 is 10.5 Å². The molecule has 98 valence electrons. The maximum absolute atomic E-state index is 11.4. The number of nitrogens with two attached hydrogens (primary N) is 1. The number of para-hydroxylation sites is 1. The second-order valence-corrected chi connectivity index (χ2v) is 4.17. The average Bonchev–Trinajstić information content (AvgIpc) is 2.27. The third kappa shape index (κ3) is 3.81. The highest BCUT2D eigenvalue weighted by Gasteiger charge is 2.21. The second-order valence-electron chi connectivity index (χ2n) is 4.17. The van der Waals surface area contributed by atoms with Crippen molar-refractivity contribution in [3.63, 3.8) is 0 Å². The van der Waals surface area contributed by atoms with E-state index in [4.69, 9.17) is 10.5 Å². The van der Waals surface area contributed by atoms with Gasteiger partial charge in [-0.3, -0.25) is 14.9 Å². The molecule has 0 aliphatic rings. The van der Waals surface area contributed by atoms with Gasteiger partial charge in [0, 0.05) is 17.7 Å². The normalized spacial score (nSPS) is 12.2. The van der Waals surface area contributed by atoms with E-state index >= 15 is 0 Å². The molecule has 0 radical (unpaired) electrons. The summed E-state index contributed by atoms with van der Waals surface area (Å²) < 4.78 is 4.95. The minimum atomic E-state index is -0.738. The molecule has 1 rings (SSSR count). The van der Waals surface area contributed by atoms with Crippen molar-refractivity contribution in [2.24, 2.45) is 5.73 Å². The fourth-order valence-electron chi connectivity index (χ4n) is 1.57. The molecule has 1 atom stereocenters. The van der Waals surface area contributed by atoms with Crippen LogP contribution in [0, 0.1) is 10.1 Å². The SMILES string of the molecule is CC(C)OC(=O)C[C@@H](N)c1ccccc1[N+](=O)[O-]. The zero-order chi connectivity index (χ0) is 13.7. The fourth-order valence-corrected chi connectivity index (χ4v) is 1.57. The predicted octanol–water partition coefficient (Wildman–Crippen LogP) is 1.94. The zero-order valence-electron chi connectivity index (χ0n) is 10.3. The Balaban J connectivity index is 2.81. The molecule has 0 fully saturated rings. The van der Waals surface area contributed by atoms with E-state index in [1.807, 2.05) is 0 Å². The van der Waals surface area contributed by atoms with E-state index in [0.717, 1.165) is 0 Å². The molecule has 0 unspecified atom stereocenters. The molecule has 1 aromatic rings. The molecule has 0 aliphatic carbocycles. The van der Waals surface area contributed by atoms with Gasteiger partial charge in [0.25, 0.3) is 5.69 Å². The molecular formula is C12H16N2O4. The number of carbonyl (C=O) groups is 1. The minimum Gasteiger partial charge on any atom is -0.463 e. The van der Waals surface area contributed by atoms with Gasteiger partial charge in [0.05, 0.1) is 17.4 Å². The largest absolute Gasteiger partial charge is 0.463 e. The third-order valence-electron chi connectivity index (χ3n) is 2.29. The number of nitrogens with zero attached hydrogens (tertiary/aromatic N) is 1. The molecule has 0 heterocycles. The Kier molecular flexibility index (Phi) is 4.79. The monoisotopic (exact) mass is 252 g/mol. The first-order valence-electron chi connectivity index (χ1n) is 5.60. The van der Waals surface area contributed by atoms with Gasteiger partial charge in [0.1, 0.15) is 0 Å². The number of carbonyl (C=O) groups excluding carboxylic acids is 1. The van der Waals surface area contributed by atoms with Crippen molar-refractivity contribution in [2.75, 3.05) is 0 Å². The number of ether oxygens (including phenoxy) is 1. The molecule has 0 aliphatic heterocycles. The van der Waals surface area contributed by atoms with E-state index < -0.39 is 16.9 Å². The summed E-state index contributed by atoms with van der Waals surface area (Å²) in [6.07, 6.45) is -0.307. The number of esters is 1. The molecule has 0 amide bonds. The van der Waals surface area contributed by atoms with E-state index in [9.17, 15) is 14.9 Å². The van der Waals surface area contributed by atoms with Crippen LogP contribution in [0.5, 0.6) is 0 Å². The van der Waals surface area contributed by atoms with Crippen LogP contribution in [0.15, 0.2) is 24.3 Å². The Labute approximate surface area is 105 Å². The van der Waals surface area contributed by atoms with Gasteiger partial charge >= 0.3 is 5.97 Å². The molecule has 0 bridgehead atoms. The number of hydrogen-bond donors (Lipinski definition) is 1. The number of rotatable bonds is 5. The first-order valence-corrected chi connectivity index (χ1v) is 5.60. The van der Waals surface area contributed by atoms with Crippen LogP contribution in [-0.4, -0.2) is 17.0 Å². The van der Waals surface area contributed by atoms with E-state index in [1.165, 1.54) is 6.07 Å². The summed E-state index contributed by atoms with van der Waals surface area (Å²) >= 11 is 0. The predicted molar refractivity (Wildman–Crippen MR) is 65.9 cm³/mol. The van der Waals surface area contributed by atoms with Gasteiger partial charge in [-0.15, -0.1) is 0 Å². The zero-order valence-corrected chi connectivity index (χ0v) is 10.3. The molecule has 0 saturated carbocycles. The Morgan fingerprint density at radius 2 is 2.06 bits per heavy atom. The molecule has 2 N–H and O–H groups in total. The van der Waals surface area contributed by atoms with Crippen molar-refractivity contribution in [1.29, 1.82) is 0 Å². The smallest absolute Gasteiger partial charge is 0.307 e. The van der Waals surface area contributed by atoms with Crippen LogP contribution >= 0.6 is 0 Å². The van der Waals surface area contributed by atoms with Crippen molar-refractivity contribution < 1.29 is 14.5 Å². The van der Waals surface area contributed by atoms with Gasteiger partial charge in [-0.25, -0.2) is 0 Å². The Bertz CT molecular complexity index is 445. The van der Waals surface area contributed by atoms with Gasteiger partial charge in [-0.05, 0) is 13.8 Å². The lowest BCUT2D eigenvalue weighted by molar-refractivity contribution is -0.385. The summed E-state index contributed by atoms with van der Waals surface area (Å²) in [5.41, 5.74) is 6.06. The Morgan fingerprint density at radius 1 is 1.44 bits per heavy atom. The van der Waals surface area contributed by atoms with Crippen molar-refractivity contribution >= 4 is 11.7 Å². The quantitative estimate of drug-likeness (QED) is 0.490. The molecule has 0 saturated heterocycles. The maximum atomic E-state index is 11.4. The summed E-state index contributed by atoms with van der Waals surface area (Å²) in [7, 11) is 0. The molecular weight excluding hydrogens is 236 g/mol. The Hall–Kier alpha value is -1.95. The van der Waals surface area contributed by atoms with Crippen LogP contribution in [0.4, 0.5) is 5.69 Å². The maximum Gasteiger partial charge on any atom is 0.307 e. The van der Waals surface area contributed by atoms with E-state index in [1.54, 1.807) is 32.0 Å². The minimum absolute atomic E-state index is 0.0803. The number of benzene rings is 1. The molecule has 0 spiro atoms. The van der Waals surface area contributed by atoms with Crippen LogP contribution in [0.2, 0.25) is 0 Å². The molecule has 6 nitrogen and oxygen atoms in total. The van der Waals surface area contributed by atoms with Crippen molar-refractivity contribution in [3.05, 3.63) is 39.9 Å². The molecule has 6 heteroatoms. The van der Waals surface area contributed by atoms with Crippen LogP contribution in [0.25, 0.3) is 0 Å². The summed E-state index contributed by atoms with van der Waals surface area (Å²) in [6.45, 7) is 3.46. The lowest BCUT2D eigenvalue weighted by Gasteiger charge is -2.13. The topological polar surface area (TPSA) is 95.5 Å². The summed E-state index contributed by atoms with van der Waals surface area (Å²) in [6, 6.07) is 5.38. The standard InChI is InChI=1S/C12H16N2O4/c1-8(2)18-12(15)7-10(13)9-5-3-4-6-11(9)14(16)17/h3-6,8,10H,7,13H2,1-2H3/t10-/m1/s1. The highest BCUT2D eigenvalue weighted by atomic mass is 16.6. The lowest BCUT2D eigenvalue weighted by atomic mass is 10.0. The van der Waals surface area contributed by atoms with E-state index in [2.05, 4.69) is 0 Å². The molecule has 18 heavy (non-hydrogen) atoms. The molecule has 1 aromatic carbocycles. The fraction of sp³-hybridized carbons (Fsp3) is 0.417. The average molecular weight is 252 g/mol. The number of hydrogen-bond acceptors (Lipinski definition) is 5. The van der Waals surface area contributed by atoms with Gasteiger partial charge in [-0.1, -0.05) is 18.2 Å². The number of nitro groups is 1. The van der Waals surface area contributed by atoms with Crippen molar-refractivity contribution in [2.45, 2.75) is 32.4 Å². The van der Waals surface area contributed by atoms with Crippen molar-refractivity contribution in [3.8, 4) is 0 Å². The highest BCUT2D eigenvalue weighted by molar-refractivity contribution is 5.71. The Morgan fingerprint density at radius 3 is 2.61 bits per heavy atom. The summed E-state index contributed by atoms with van der Waals surface area (Å²) in [5.74, 6) is -0.462. The second kappa shape index (κ2) is 6.11. The van der Waals surface area contributed by atoms with Crippen LogP contribution < -0.4 is 5.73 Å². The number of nitro benzene ring substituents is 1. The summed E-state index contributed by atoms with van der Waals surface area (Å²) in [5, 5.41) is 10.8. The summed E-state index contributed by atoms with van der Waals surface area (Å²) in [4.78, 5) is 21.8. The lowest BCUT2D eigenvalue weighted by Crippen LogP contribution is -2.20. The third-order valence-corrected chi connectivity index (χ3v) is 2.29. The van der Waals surface area contributed by atoms with Gasteiger partial charge in [0.2, 0.25) is 0 Å². The first-order chi connectivity index (χ1) is 8.41. The van der Waals surface area contributed by atoms with E-state index in [0.29, 0.717) is 5.56 Å². The van der Waals surface area contributed by atoms with Crippen molar-refractivity contribution in [1.82, 2.24) is 0 Å². The van der Waals surface area contributed by atoms with Crippen LogP contribution in [-0.2, 0) is 9.53 Å². The first kappa shape index (κ1) is 14.1. The van der Waals surface area contributed by atoms with Gasteiger partial charge in [-0.2, -0.15) is 0 Å². The van der Waals surface area contributed by atoms with Crippen LogP contribution in [0.1, 0.15) is 31.9 Å². The van der Waals surface area contributed by atoms with E-state index in [-0.39, 0.29) is 18.2 Å². The highest BCUT2D eigenvalue weighted by Crippen LogP contribution is 2.25. The van der Waals surface area contributed by atoms with Crippen LogP contribution in [0.3, 0.4) is 0 Å². The van der Waals surface area contributed by atoms with Gasteiger partial charge in [0.15, 0.2) is 0 Å². The molecule has 0 aromatic heterocycles.